The molecule has 3 nitrogen and oxygen atoms in total. The average molecular weight is 243 g/mol. The van der Waals surface area contributed by atoms with Gasteiger partial charge in [0.2, 0.25) is 5.91 Å². The molecule has 0 saturated heterocycles. The number of amides is 1. The number of nitrogens with one attached hydrogen (secondary N) is 1. The molecule has 0 aliphatic heterocycles. The summed E-state index contributed by atoms with van der Waals surface area (Å²) in [4.78, 5) is 11.3. The fourth-order valence-corrected chi connectivity index (χ4v) is 1.35. The molecule has 0 unspecified atom stereocenters. The minimum atomic E-state index is -0.911. The fourth-order valence-electron chi connectivity index (χ4n) is 1.35. The van der Waals surface area contributed by atoms with Gasteiger partial charge in [-0.1, -0.05) is 6.07 Å². The van der Waals surface area contributed by atoms with E-state index in [1.165, 1.54) is 6.07 Å². The Bertz CT molecular complexity index is 396. The molecule has 1 rings (SSSR count). The maximum atomic E-state index is 12.9. The predicted octanol–water partition coefficient (Wildman–Crippen LogP) is 1.39. The number of rotatable bonds is 5. The van der Waals surface area contributed by atoms with Crippen molar-refractivity contribution in [2.45, 2.75) is 25.8 Å². The van der Waals surface area contributed by atoms with Gasteiger partial charge in [0.1, 0.15) is 0 Å². The van der Waals surface area contributed by atoms with Gasteiger partial charge in [0.15, 0.2) is 11.6 Å². The van der Waals surface area contributed by atoms with Gasteiger partial charge in [0, 0.05) is 12.5 Å². The van der Waals surface area contributed by atoms with Crippen LogP contribution in [0, 0.1) is 11.6 Å². The number of benzene rings is 1. The van der Waals surface area contributed by atoms with Gasteiger partial charge in [-0.15, -0.1) is 0 Å². The van der Waals surface area contributed by atoms with E-state index in [0.717, 1.165) is 12.1 Å². The molecule has 94 valence electrons. The summed E-state index contributed by atoms with van der Waals surface area (Å²) in [7, 11) is 0. The van der Waals surface area contributed by atoms with Gasteiger partial charge < -0.3 is 10.4 Å². The van der Waals surface area contributed by atoms with Crippen LogP contribution in [0.5, 0.6) is 0 Å². The molecule has 0 aromatic heterocycles. The van der Waals surface area contributed by atoms with Crippen molar-refractivity contribution in [3.63, 3.8) is 0 Å². The first kappa shape index (κ1) is 13.6. The smallest absolute Gasteiger partial charge is 0.220 e. The lowest BCUT2D eigenvalue weighted by Gasteiger charge is -2.10. The second-order valence-corrected chi connectivity index (χ2v) is 3.90. The van der Waals surface area contributed by atoms with Crippen molar-refractivity contribution >= 4 is 5.91 Å². The first-order valence-electron chi connectivity index (χ1n) is 5.37. The summed E-state index contributed by atoms with van der Waals surface area (Å²) in [6, 6.07) is 3.27. The Morgan fingerprint density at radius 1 is 1.41 bits per heavy atom. The molecule has 1 atom stereocenters. The Hall–Kier alpha value is -1.49. The number of hydrogen-bond donors (Lipinski definition) is 2. The molecule has 0 heterocycles. The van der Waals surface area contributed by atoms with E-state index in [0.29, 0.717) is 12.0 Å². The highest BCUT2D eigenvalue weighted by atomic mass is 19.2. The minimum Gasteiger partial charge on any atom is -0.394 e. The Morgan fingerprint density at radius 2 is 2.12 bits per heavy atom. The van der Waals surface area contributed by atoms with Crippen molar-refractivity contribution in [3.05, 3.63) is 35.4 Å². The fraction of sp³-hybridized carbons (Fsp3) is 0.417. The normalized spacial score (nSPS) is 12.2. The van der Waals surface area contributed by atoms with Gasteiger partial charge in [-0.3, -0.25) is 4.79 Å². The SMILES string of the molecule is C[C@@H](CO)NC(=O)CCc1ccc(F)c(F)c1. The summed E-state index contributed by atoms with van der Waals surface area (Å²) in [5.74, 6) is -2.03. The minimum absolute atomic E-state index is 0.128. The summed E-state index contributed by atoms with van der Waals surface area (Å²) in [5, 5.41) is 11.3. The monoisotopic (exact) mass is 243 g/mol. The molecule has 1 aromatic rings. The van der Waals surface area contributed by atoms with Crippen molar-refractivity contribution in [2.24, 2.45) is 0 Å². The average Bonchev–Trinajstić information content (AvgIpc) is 2.30. The van der Waals surface area contributed by atoms with Crippen LogP contribution in [0.2, 0.25) is 0 Å². The van der Waals surface area contributed by atoms with Crippen LogP contribution in [0.1, 0.15) is 18.9 Å². The lowest BCUT2D eigenvalue weighted by Crippen LogP contribution is -2.35. The lowest BCUT2D eigenvalue weighted by molar-refractivity contribution is -0.121. The maximum Gasteiger partial charge on any atom is 0.220 e. The number of halogens is 2. The first-order chi connectivity index (χ1) is 8.02. The van der Waals surface area contributed by atoms with Gasteiger partial charge in [0.25, 0.3) is 0 Å². The Morgan fingerprint density at radius 3 is 2.71 bits per heavy atom. The van der Waals surface area contributed by atoms with Gasteiger partial charge in [-0.25, -0.2) is 8.78 Å². The third kappa shape index (κ3) is 4.48. The molecular weight excluding hydrogens is 228 g/mol. The van der Waals surface area contributed by atoms with Crippen LogP contribution in [0.4, 0.5) is 8.78 Å². The highest BCUT2D eigenvalue weighted by Crippen LogP contribution is 2.10. The number of aliphatic hydroxyl groups excluding tert-OH is 1. The van der Waals surface area contributed by atoms with Gasteiger partial charge in [-0.05, 0) is 31.0 Å². The molecule has 0 fully saturated rings. The number of carbonyl (C=O) groups is 1. The molecule has 0 radical (unpaired) electrons. The number of hydrogen-bond acceptors (Lipinski definition) is 2. The van der Waals surface area contributed by atoms with Crippen LogP contribution < -0.4 is 5.32 Å². The van der Waals surface area contributed by atoms with E-state index in [2.05, 4.69) is 5.32 Å². The van der Waals surface area contributed by atoms with E-state index in [1.54, 1.807) is 6.92 Å². The molecule has 1 amide bonds. The maximum absolute atomic E-state index is 12.9. The molecule has 1 aromatic carbocycles. The zero-order chi connectivity index (χ0) is 12.8. The molecule has 0 aliphatic carbocycles. The molecule has 0 spiro atoms. The number of aliphatic hydroxyl groups is 1. The highest BCUT2D eigenvalue weighted by Gasteiger charge is 2.07. The predicted molar refractivity (Wildman–Crippen MR) is 59.4 cm³/mol. The second-order valence-electron chi connectivity index (χ2n) is 3.90. The van der Waals surface area contributed by atoms with Gasteiger partial charge in [-0.2, -0.15) is 0 Å². The van der Waals surface area contributed by atoms with Crippen LogP contribution >= 0.6 is 0 Å². The molecular formula is C12H15F2NO2. The standard InChI is InChI=1S/C12H15F2NO2/c1-8(7-16)15-12(17)5-3-9-2-4-10(13)11(14)6-9/h2,4,6,8,16H,3,5,7H2,1H3,(H,15,17)/t8-/m0/s1. The van der Waals surface area contributed by atoms with Crippen molar-refractivity contribution in [3.8, 4) is 0 Å². The zero-order valence-corrected chi connectivity index (χ0v) is 9.54. The molecule has 0 bridgehead atoms. The zero-order valence-electron chi connectivity index (χ0n) is 9.54. The second kappa shape index (κ2) is 6.30. The highest BCUT2D eigenvalue weighted by molar-refractivity contribution is 5.76. The third-order valence-electron chi connectivity index (χ3n) is 2.31. The van der Waals surface area contributed by atoms with Gasteiger partial charge in [0.05, 0.1) is 6.61 Å². The first-order valence-corrected chi connectivity index (χ1v) is 5.37. The molecule has 17 heavy (non-hydrogen) atoms. The van der Waals surface area contributed by atoms with Crippen LogP contribution in [-0.2, 0) is 11.2 Å². The quantitative estimate of drug-likeness (QED) is 0.821. The van der Waals surface area contributed by atoms with Gasteiger partial charge >= 0.3 is 0 Å². The Kier molecular flexibility index (Phi) is 5.03. The van der Waals surface area contributed by atoms with E-state index < -0.39 is 11.6 Å². The van der Waals surface area contributed by atoms with Crippen molar-refractivity contribution in [2.75, 3.05) is 6.61 Å². The lowest BCUT2D eigenvalue weighted by atomic mass is 10.1. The van der Waals surface area contributed by atoms with E-state index >= 15 is 0 Å². The molecule has 0 saturated carbocycles. The van der Waals surface area contributed by atoms with Crippen LogP contribution in [0.25, 0.3) is 0 Å². The summed E-state index contributed by atoms with van der Waals surface area (Å²) >= 11 is 0. The van der Waals surface area contributed by atoms with E-state index in [1.807, 2.05) is 0 Å². The van der Waals surface area contributed by atoms with Crippen LogP contribution in [-0.4, -0.2) is 23.7 Å². The Balaban J connectivity index is 2.45. The van der Waals surface area contributed by atoms with Crippen molar-refractivity contribution in [1.82, 2.24) is 5.32 Å². The van der Waals surface area contributed by atoms with E-state index in [4.69, 9.17) is 5.11 Å². The summed E-state index contributed by atoms with van der Waals surface area (Å²) < 4.78 is 25.5. The number of aryl methyl sites for hydroxylation is 1. The van der Waals surface area contributed by atoms with E-state index in [9.17, 15) is 13.6 Å². The number of carbonyl (C=O) groups excluding carboxylic acids is 1. The van der Waals surface area contributed by atoms with Crippen LogP contribution in [0.15, 0.2) is 18.2 Å². The summed E-state index contributed by atoms with van der Waals surface area (Å²) in [5.41, 5.74) is 0.565. The summed E-state index contributed by atoms with van der Waals surface area (Å²) in [6.45, 7) is 1.55. The third-order valence-corrected chi connectivity index (χ3v) is 2.31. The largest absolute Gasteiger partial charge is 0.394 e. The van der Waals surface area contributed by atoms with E-state index in [-0.39, 0.29) is 25.0 Å². The molecule has 2 N–H and O–H groups in total. The Labute approximate surface area is 98.5 Å². The topological polar surface area (TPSA) is 49.3 Å². The van der Waals surface area contributed by atoms with Crippen molar-refractivity contribution < 1.29 is 18.7 Å². The molecule has 0 aliphatic rings. The molecule has 5 heteroatoms. The van der Waals surface area contributed by atoms with Crippen LogP contribution in [0.3, 0.4) is 0 Å². The summed E-state index contributed by atoms with van der Waals surface area (Å²) in [6.07, 6.45) is 0.511. The van der Waals surface area contributed by atoms with Crippen molar-refractivity contribution in [1.29, 1.82) is 0 Å².